The van der Waals surface area contributed by atoms with E-state index >= 15 is 0 Å². The highest BCUT2D eigenvalue weighted by atomic mass is 16.6. The topological polar surface area (TPSA) is 80.0 Å². The van der Waals surface area contributed by atoms with Crippen LogP contribution in [-0.2, 0) is 9.53 Å². The van der Waals surface area contributed by atoms with Crippen LogP contribution >= 0.6 is 0 Å². The molecule has 6 heteroatoms. The van der Waals surface area contributed by atoms with E-state index in [1.165, 1.54) is 25.5 Å². The van der Waals surface area contributed by atoms with Crippen LogP contribution in [0.3, 0.4) is 0 Å². The molecule has 208 valence electrons. The van der Waals surface area contributed by atoms with Crippen molar-refractivity contribution in [3.63, 3.8) is 0 Å². The molecule has 6 nitrogen and oxygen atoms in total. The number of ether oxygens (including phenoxy) is 1. The SMILES string of the molecule is C[C@H]1CC[C@H]2N(C1)C[C@H]1[C@@H]3C[C@@H]4[C@H](CC(=O)[C@@H]5C[C@@H](OC(=O)c6ccco6)CC[C@]45C)[C@H]3CC[C@H]1[C@]2(C)O. The zero-order valence-corrected chi connectivity index (χ0v) is 23.3. The van der Waals surface area contributed by atoms with Crippen LogP contribution in [0, 0.1) is 52.8 Å². The molecule has 3 heterocycles. The minimum Gasteiger partial charge on any atom is -0.457 e. The van der Waals surface area contributed by atoms with E-state index in [4.69, 9.17) is 9.15 Å². The minimum absolute atomic E-state index is 0.0141. The smallest absolute Gasteiger partial charge is 0.374 e. The number of esters is 1. The van der Waals surface area contributed by atoms with E-state index in [0.717, 1.165) is 38.8 Å². The van der Waals surface area contributed by atoms with Crippen molar-refractivity contribution in [1.29, 1.82) is 0 Å². The summed E-state index contributed by atoms with van der Waals surface area (Å²) in [5, 5.41) is 11.9. The predicted octanol–water partition coefficient (Wildman–Crippen LogP) is 5.34. The van der Waals surface area contributed by atoms with Crippen LogP contribution in [0.15, 0.2) is 22.8 Å². The lowest BCUT2D eigenvalue weighted by atomic mass is 9.51. The number of carbonyl (C=O) groups is 2. The van der Waals surface area contributed by atoms with E-state index in [1.807, 2.05) is 0 Å². The maximum atomic E-state index is 13.7. The molecular formula is C32H45NO5. The average Bonchev–Trinajstić information content (AvgIpc) is 3.54. The molecule has 1 aromatic rings. The number of nitrogens with zero attached hydrogens (tertiary/aromatic N) is 1. The van der Waals surface area contributed by atoms with Gasteiger partial charge >= 0.3 is 5.97 Å². The molecule has 1 aromatic heterocycles. The molecule has 6 fully saturated rings. The van der Waals surface area contributed by atoms with Crippen molar-refractivity contribution < 1.29 is 23.8 Å². The van der Waals surface area contributed by atoms with Crippen molar-refractivity contribution in [3.05, 3.63) is 24.2 Å². The molecule has 0 aromatic carbocycles. The van der Waals surface area contributed by atoms with Gasteiger partial charge in [-0.3, -0.25) is 9.69 Å². The number of hydrogen-bond donors (Lipinski definition) is 1. The number of fused-ring (bicyclic) bond motifs is 8. The molecule has 4 saturated carbocycles. The van der Waals surface area contributed by atoms with E-state index in [0.29, 0.717) is 66.1 Å². The molecule has 2 saturated heterocycles. The number of carbonyl (C=O) groups excluding carboxylic acids is 2. The highest BCUT2D eigenvalue weighted by Gasteiger charge is 2.64. The first-order valence-corrected chi connectivity index (χ1v) is 15.4. The van der Waals surface area contributed by atoms with Crippen molar-refractivity contribution in [2.75, 3.05) is 13.1 Å². The number of furan rings is 1. The van der Waals surface area contributed by atoms with Crippen LogP contribution in [0.5, 0.6) is 0 Å². The first kappa shape index (κ1) is 25.3. The molecule has 38 heavy (non-hydrogen) atoms. The van der Waals surface area contributed by atoms with Gasteiger partial charge in [-0.2, -0.15) is 0 Å². The molecule has 1 N–H and O–H groups in total. The van der Waals surface area contributed by atoms with Gasteiger partial charge in [-0.25, -0.2) is 4.79 Å². The largest absolute Gasteiger partial charge is 0.457 e. The van der Waals surface area contributed by atoms with Crippen LogP contribution in [-0.4, -0.2) is 52.6 Å². The van der Waals surface area contributed by atoms with Gasteiger partial charge in [-0.15, -0.1) is 0 Å². The summed E-state index contributed by atoms with van der Waals surface area (Å²) in [7, 11) is 0. The molecule has 12 atom stereocenters. The molecule has 0 spiro atoms. The summed E-state index contributed by atoms with van der Waals surface area (Å²) in [5.41, 5.74) is -0.625. The molecule has 2 aliphatic heterocycles. The van der Waals surface area contributed by atoms with Gasteiger partial charge in [0.15, 0.2) is 0 Å². The van der Waals surface area contributed by atoms with E-state index in [2.05, 4.69) is 25.7 Å². The normalized spacial score (nSPS) is 50.3. The summed E-state index contributed by atoms with van der Waals surface area (Å²) in [4.78, 5) is 28.9. The first-order valence-electron chi connectivity index (χ1n) is 15.4. The van der Waals surface area contributed by atoms with Crippen molar-refractivity contribution in [2.45, 2.75) is 96.3 Å². The van der Waals surface area contributed by atoms with Gasteiger partial charge in [0.25, 0.3) is 0 Å². The number of rotatable bonds is 2. The van der Waals surface area contributed by atoms with E-state index in [-0.39, 0.29) is 23.2 Å². The van der Waals surface area contributed by atoms with Gasteiger partial charge in [-0.05, 0) is 117 Å². The Morgan fingerprint density at radius 3 is 2.66 bits per heavy atom. The first-order chi connectivity index (χ1) is 18.2. The lowest BCUT2D eigenvalue weighted by Gasteiger charge is -2.59. The summed E-state index contributed by atoms with van der Waals surface area (Å²) >= 11 is 0. The quantitative estimate of drug-likeness (QED) is 0.527. The molecule has 0 radical (unpaired) electrons. The Balaban J connectivity index is 1.11. The van der Waals surface area contributed by atoms with E-state index in [9.17, 15) is 14.7 Å². The molecule has 6 aliphatic rings. The van der Waals surface area contributed by atoms with Gasteiger partial charge in [0.2, 0.25) is 5.76 Å². The summed E-state index contributed by atoms with van der Waals surface area (Å²) < 4.78 is 11.0. The van der Waals surface area contributed by atoms with Crippen molar-refractivity contribution in [2.24, 2.45) is 52.8 Å². The lowest BCUT2D eigenvalue weighted by Crippen LogP contribution is -2.67. The summed E-state index contributed by atoms with van der Waals surface area (Å²) in [6, 6.07) is 3.64. The van der Waals surface area contributed by atoms with Crippen molar-refractivity contribution >= 4 is 11.8 Å². The second-order valence-corrected chi connectivity index (χ2v) is 14.6. The van der Waals surface area contributed by atoms with Crippen molar-refractivity contribution in [1.82, 2.24) is 4.90 Å². The number of aliphatic hydroxyl groups is 1. The zero-order chi connectivity index (χ0) is 26.4. The summed E-state index contributed by atoms with van der Waals surface area (Å²) in [5.74, 6) is 4.10. The third kappa shape index (κ3) is 3.72. The number of ketones is 1. The Morgan fingerprint density at radius 1 is 1.03 bits per heavy atom. The van der Waals surface area contributed by atoms with Gasteiger partial charge < -0.3 is 14.3 Å². The van der Waals surface area contributed by atoms with Crippen molar-refractivity contribution in [3.8, 4) is 0 Å². The van der Waals surface area contributed by atoms with Crippen LogP contribution in [0.2, 0.25) is 0 Å². The Bertz CT molecular complexity index is 1080. The van der Waals surface area contributed by atoms with E-state index in [1.54, 1.807) is 12.1 Å². The van der Waals surface area contributed by atoms with Crippen LogP contribution in [0.4, 0.5) is 0 Å². The van der Waals surface area contributed by atoms with Gasteiger partial charge in [0, 0.05) is 31.5 Å². The highest BCUT2D eigenvalue weighted by Crippen LogP contribution is 2.66. The molecule has 0 unspecified atom stereocenters. The molecule has 0 bridgehead atoms. The number of piperidine rings is 2. The second kappa shape index (κ2) is 8.92. The van der Waals surface area contributed by atoms with Crippen LogP contribution < -0.4 is 0 Å². The van der Waals surface area contributed by atoms with E-state index < -0.39 is 11.6 Å². The average molecular weight is 524 g/mol. The Morgan fingerprint density at radius 2 is 1.87 bits per heavy atom. The monoisotopic (exact) mass is 523 g/mol. The Hall–Kier alpha value is -1.66. The predicted molar refractivity (Wildman–Crippen MR) is 142 cm³/mol. The Kier molecular flexibility index (Phi) is 5.94. The maximum Gasteiger partial charge on any atom is 0.374 e. The molecular weight excluding hydrogens is 478 g/mol. The number of hydrogen-bond acceptors (Lipinski definition) is 6. The van der Waals surface area contributed by atoms with Gasteiger partial charge in [-0.1, -0.05) is 13.8 Å². The minimum atomic E-state index is -0.611. The summed E-state index contributed by atoms with van der Waals surface area (Å²) in [6.45, 7) is 9.14. The van der Waals surface area contributed by atoms with Crippen LogP contribution in [0.25, 0.3) is 0 Å². The third-order valence-electron chi connectivity index (χ3n) is 12.8. The standard InChI is InChI=1S/C32H45NO5/c1-18-6-9-29-32(3,36)24-8-7-20-21(23(24)17-33(29)16-18)14-25-22(20)15-27(34)26-13-19(10-11-31(25,26)2)38-30(35)28-5-4-12-37-28/h4-5,12,18-26,29,36H,6-11,13-17H2,1-3H3/t18-,19-,20-,21+,22+,23-,24+,25+,26-,29+,31+,32-/m0/s1. The fourth-order valence-corrected chi connectivity index (χ4v) is 11.1. The van der Waals surface area contributed by atoms with Crippen LogP contribution in [0.1, 0.15) is 89.1 Å². The fraction of sp³-hybridized carbons (Fsp3) is 0.812. The lowest BCUT2D eigenvalue weighted by molar-refractivity contribution is -0.175. The molecule has 7 rings (SSSR count). The van der Waals surface area contributed by atoms with Gasteiger partial charge in [0.1, 0.15) is 11.9 Å². The molecule has 4 aliphatic carbocycles. The molecule has 0 amide bonds. The third-order valence-corrected chi connectivity index (χ3v) is 12.8. The maximum absolute atomic E-state index is 13.7. The fourth-order valence-electron chi connectivity index (χ4n) is 11.1. The highest BCUT2D eigenvalue weighted by molar-refractivity contribution is 5.86. The van der Waals surface area contributed by atoms with Gasteiger partial charge in [0.05, 0.1) is 11.9 Å². The number of Topliss-reactive ketones (excluding diaryl/α,β-unsaturated/α-hetero) is 1. The zero-order valence-electron chi connectivity index (χ0n) is 23.3. The second-order valence-electron chi connectivity index (χ2n) is 14.6. The Labute approximate surface area is 226 Å². The summed E-state index contributed by atoms with van der Waals surface area (Å²) in [6.07, 6.45) is 10.2.